The van der Waals surface area contributed by atoms with Crippen LogP contribution in [-0.2, 0) is 0 Å². The van der Waals surface area contributed by atoms with E-state index in [1.54, 1.807) is 0 Å². The Hall–Kier alpha value is -0.0400. The molecule has 0 saturated heterocycles. The molecule has 1 heteroatoms. The zero-order chi connectivity index (χ0) is 11.4. The average Bonchev–Trinajstić information content (AvgIpc) is 1.78. The van der Waals surface area contributed by atoms with Gasteiger partial charge in [0, 0.05) is 5.54 Å². The molecular weight excluding hydrogens is 170 g/mol. The van der Waals surface area contributed by atoms with Crippen LogP contribution in [0.3, 0.4) is 0 Å². The summed E-state index contributed by atoms with van der Waals surface area (Å²) >= 11 is 0. The molecule has 0 aromatic carbocycles. The summed E-state index contributed by atoms with van der Waals surface area (Å²) in [6, 6.07) is 0. The monoisotopic (exact) mass is 199 g/mol. The van der Waals surface area contributed by atoms with Gasteiger partial charge in [-0.1, -0.05) is 27.7 Å². The van der Waals surface area contributed by atoms with E-state index in [1.807, 2.05) is 0 Å². The predicted octanol–water partition coefficient (Wildman–Crippen LogP) is 3.84. The Labute approximate surface area is 90.7 Å². The maximum atomic E-state index is 3.54. The largest absolute Gasteiger partial charge is 0.312 e. The van der Waals surface area contributed by atoms with E-state index in [4.69, 9.17) is 0 Å². The molecule has 0 heterocycles. The first-order valence-electron chi connectivity index (χ1n) is 5.85. The van der Waals surface area contributed by atoms with Crippen molar-refractivity contribution in [3.8, 4) is 0 Å². The highest BCUT2D eigenvalue weighted by Gasteiger charge is 2.15. The van der Waals surface area contributed by atoms with E-state index in [-0.39, 0.29) is 5.54 Å². The second-order valence-electron chi connectivity index (χ2n) is 6.84. The lowest BCUT2D eigenvalue weighted by Crippen LogP contribution is -2.37. The molecule has 1 atom stereocenters. The third-order valence-electron chi connectivity index (χ3n) is 2.25. The lowest BCUT2D eigenvalue weighted by atomic mass is 9.84. The van der Waals surface area contributed by atoms with Gasteiger partial charge in [0.05, 0.1) is 0 Å². The molecule has 0 fully saturated rings. The van der Waals surface area contributed by atoms with Gasteiger partial charge in [0.2, 0.25) is 0 Å². The summed E-state index contributed by atoms with van der Waals surface area (Å²) in [6.45, 7) is 17.1. The Kier molecular flexibility index (Phi) is 5.14. The molecule has 86 valence electrons. The topological polar surface area (TPSA) is 12.0 Å². The maximum Gasteiger partial charge on any atom is 0.00965 e. The van der Waals surface area contributed by atoms with Crippen LogP contribution in [0.25, 0.3) is 0 Å². The smallest absolute Gasteiger partial charge is 0.00965 e. The quantitative estimate of drug-likeness (QED) is 0.725. The minimum Gasteiger partial charge on any atom is -0.312 e. The standard InChI is InChI=1S/C13H29N/c1-11(10-12(2,3)4)8-9-14-13(5,6)7/h11,14H,8-10H2,1-7H3. The molecule has 14 heavy (non-hydrogen) atoms. The van der Waals surface area contributed by atoms with Crippen molar-refractivity contribution in [3.05, 3.63) is 0 Å². The number of rotatable bonds is 4. The molecule has 0 bridgehead atoms. The molecule has 0 aromatic heterocycles. The van der Waals surface area contributed by atoms with E-state index in [0.29, 0.717) is 5.41 Å². The van der Waals surface area contributed by atoms with Crippen molar-refractivity contribution in [2.45, 2.75) is 66.8 Å². The van der Waals surface area contributed by atoms with Gasteiger partial charge in [-0.15, -0.1) is 0 Å². The third kappa shape index (κ3) is 10.0. The maximum absolute atomic E-state index is 3.54. The lowest BCUT2D eigenvalue weighted by molar-refractivity contribution is 0.287. The van der Waals surface area contributed by atoms with Crippen molar-refractivity contribution in [2.24, 2.45) is 11.3 Å². The summed E-state index contributed by atoms with van der Waals surface area (Å²) in [7, 11) is 0. The normalized spacial score (nSPS) is 15.6. The van der Waals surface area contributed by atoms with Crippen molar-refractivity contribution in [3.63, 3.8) is 0 Å². The molecule has 1 unspecified atom stereocenters. The summed E-state index contributed by atoms with van der Waals surface area (Å²) in [5.74, 6) is 0.824. The Balaban J connectivity index is 3.60. The molecule has 1 N–H and O–H groups in total. The summed E-state index contributed by atoms with van der Waals surface area (Å²) in [6.07, 6.45) is 2.60. The van der Waals surface area contributed by atoms with Crippen LogP contribution in [-0.4, -0.2) is 12.1 Å². The van der Waals surface area contributed by atoms with E-state index >= 15 is 0 Å². The van der Waals surface area contributed by atoms with Crippen molar-refractivity contribution in [1.82, 2.24) is 5.32 Å². The molecule has 1 nitrogen and oxygen atoms in total. The molecule has 0 aromatic rings. The van der Waals surface area contributed by atoms with Crippen LogP contribution >= 0.6 is 0 Å². The zero-order valence-electron chi connectivity index (χ0n) is 11.2. The van der Waals surface area contributed by atoms with E-state index in [2.05, 4.69) is 53.8 Å². The first kappa shape index (κ1) is 14.0. The van der Waals surface area contributed by atoms with Gasteiger partial charge < -0.3 is 5.32 Å². The number of hydrogen-bond acceptors (Lipinski definition) is 1. The highest BCUT2D eigenvalue weighted by molar-refractivity contribution is 4.72. The molecule has 0 aliphatic rings. The first-order chi connectivity index (χ1) is 6.10. The SMILES string of the molecule is CC(CCNC(C)(C)C)CC(C)(C)C. The van der Waals surface area contributed by atoms with Gasteiger partial charge in [-0.2, -0.15) is 0 Å². The van der Waals surface area contributed by atoms with Gasteiger partial charge in [-0.25, -0.2) is 0 Å². The van der Waals surface area contributed by atoms with Crippen LogP contribution in [0.15, 0.2) is 0 Å². The van der Waals surface area contributed by atoms with Crippen molar-refractivity contribution >= 4 is 0 Å². The molecule has 0 saturated carbocycles. The van der Waals surface area contributed by atoms with Crippen LogP contribution in [0, 0.1) is 11.3 Å². The summed E-state index contributed by atoms with van der Waals surface area (Å²) in [5, 5.41) is 3.54. The second kappa shape index (κ2) is 5.16. The minimum absolute atomic E-state index is 0.265. The highest BCUT2D eigenvalue weighted by Crippen LogP contribution is 2.25. The van der Waals surface area contributed by atoms with E-state index in [1.165, 1.54) is 12.8 Å². The van der Waals surface area contributed by atoms with Gasteiger partial charge in [-0.05, 0) is 51.5 Å². The Morgan fingerprint density at radius 3 is 1.86 bits per heavy atom. The number of hydrogen-bond donors (Lipinski definition) is 1. The highest BCUT2D eigenvalue weighted by atomic mass is 14.9. The number of nitrogens with one attached hydrogen (secondary N) is 1. The van der Waals surface area contributed by atoms with Crippen LogP contribution in [0.1, 0.15) is 61.3 Å². The first-order valence-corrected chi connectivity index (χ1v) is 5.85. The third-order valence-corrected chi connectivity index (χ3v) is 2.25. The molecule has 0 aliphatic carbocycles. The van der Waals surface area contributed by atoms with E-state index in [0.717, 1.165) is 12.5 Å². The Bertz CT molecular complexity index is 148. The van der Waals surface area contributed by atoms with Crippen LogP contribution < -0.4 is 5.32 Å². The molecule has 0 rings (SSSR count). The zero-order valence-corrected chi connectivity index (χ0v) is 11.2. The summed E-state index contributed by atoms with van der Waals surface area (Å²) in [5.41, 5.74) is 0.739. The fourth-order valence-corrected chi connectivity index (χ4v) is 1.84. The van der Waals surface area contributed by atoms with Crippen LogP contribution in [0.5, 0.6) is 0 Å². The summed E-state index contributed by atoms with van der Waals surface area (Å²) in [4.78, 5) is 0. The van der Waals surface area contributed by atoms with Gasteiger partial charge in [0.15, 0.2) is 0 Å². The average molecular weight is 199 g/mol. The fraction of sp³-hybridized carbons (Fsp3) is 1.00. The fourth-order valence-electron chi connectivity index (χ4n) is 1.84. The van der Waals surface area contributed by atoms with Crippen molar-refractivity contribution < 1.29 is 0 Å². The van der Waals surface area contributed by atoms with Crippen LogP contribution in [0.4, 0.5) is 0 Å². The second-order valence-corrected chi connectivity index (χ2v) is 6.84. The Morgan fingerprint density at radius 2 is 1.50 bits per heavy atom. The van der Waals surface area contributed by atoms with Gasteiger partial charge >= 0.3 is 0 Å². The van der Waals surface area contributed by atoms with Crippen molar-refractivity contribution in [1.29, 1.82) is 0 Å². The molecular formula is C13H29N. The van der Waals surface area contributed by atoms with Gasteiger partial charge in [-0.3, -0.25) is 0 Å². The molecule has 0 radical (unpaired) electrons. The minimum atomic E-state index is 0.265. The molecule has 0 spiro atoms. The summed E-state index contributed by atoms with van der Waals surface area (Å²) < 4.78 is 0. The molecule has 0 amide bonds. The van der Waals surface area contributed by atoms with E-state index < -0.39 is 0 Å². The van der Waals surface area contributed by atoms with Crippen LogP contribution in [0.2, 0.25) is 0 Å². The van der Waals surface area contributed by atoms with E-state index in [9.17, 15) is 0 Å². The predicted molar refractivity (Wildman–Crippen MR) is 65.6 cm³/mol. The Morgan fingerprint density at radius 1 is 1.00 bits per heavy atom. The lowest BCUT2D eigenvalue weighted by Gasteiger charge is -2.25. The molecule has 0 aliphatic heterocycles. The van der Waals surface area contributed by atoms with Crippen molar-refractivity contribution in [2.75, 3.05) is 6.54 Å². The van der Waals surface area contributed by atoms with Gasteiger partial charge in [0.1, 0.15) is 0 Å². The van der Waals surface area contributed by atoms with Gasteiger partial charge in [0.25, 0.3) is 0 Å².